The van der Waals surface area contributed by atoms with Crippen molar-refractivity contribution in [1.29, 1.82) is 0 Å². The summed E-state index contributed by atoms with van der Waals surface area (Å²) in [5.41, 5.74) is 0. The lowest BCUT2D eigenvalue weighted by atomic mass is 10.1. The van der Waals surface area contributed by atoms with Crippen molar-refractivity contribution in [3.05, 3.63) is 24.3 Å². The largest absolute Gasteiger partial charge is 0.497 e. The van der Waals surface area contributed by atoms with Crippen LogP contribution in [-0.4, -0.2) is 39.3 Å². The van der Waals surface area contributed by atoms with E-state index in [4.69, 9.17) is 9.47 Å². The number of nitrogens with one attached hydrogen (secondary N) is 2. The average molecular weight is 343 g/mol. The van der Waals surface area contributed by atoms with Crippen LogP contribution in [0.15, 0.2) is 24.3 Å². The first-order valence-electron chi connectivity index (χ1n) is 8.02. The second kappa shape index (κ2) is 11.1. The predicted octanol–water partition coefficient (Wildman–Crippen LogP) is 2.39. The smallest absolute Gasteiger partial charge is 0.220 e. The minimum absolute atomic E-state index is 0. The monoisotopic (exact) mass is 342 g/mol. The summed E-state index contributed by atoms with van der Waals surface area (Å²) in [6, 6.07) is 7.46. The predicted molar refractivity (Wildman–Crippen MR) is 93.6 cm³/mol. The van der Waals surface area contributed by atoms with Gasteiger partial charge in [-0.2, -0.15) is 0 Å². The van der Waals surface area contributed by atoms with Crippen LogP contribution in [0, 0.1) is 5.92 Å². The summed E-state index contributed by atoms with van der Waals surface area (Å²) in [7, 11) is 1.64. The molecule has 1 aliphatic heterocycles. The summed E-state index contributed by atoms with van der Waals surface area (Å²) >= 11 is 0. The lowest BCUT2D eigenvalue weighted by Crippen LogP contribution is -2.26. The fraction of sp³-hybridized carbons (Fsp3) is 0.588. The van der Waals surface area contributed by atoms with Gasteiger partial charge in [0.2, 0.25) is 5.91 Å². The Balaban J connectivity index is 0.00000264. The summed E-state index contributed by atoms with van der Waals surface area (Å²) in [6.45, 7) is 3.53. The first-order valence-corrected chi connectivity index (χ1v) is 8.02. The fourth-order valence-electron chi connectivity index (χ4n) is 2.56. The third-order valence-electron chi connectivity index (χ3n) is 3.91. The van der Waals surface area contributed by atoms with Crippen LogP contribution in [0.25, 0.3) is 0 Å². The molecular formula is C17H27ClN2O3. The van der Waals surface area contributed by atoms with Crippen molar-refractivity contribution in [2.75, 3.05) is 33.4 Å². The number of benzene rings is 1. The van der Waals surface area contributed by atoms with E-state index in [9.17, 15) is 4.79 Å². The minimum atomic E-state index is 0. The van der Waals surface area contributed by atoms with E-state index in [0.29, 0.717) is 13.0 Å². The van der Waals surface area contributed by atoms with Gasteiger partial charge < -0.3 is 20.1 Å². The standard InChI is InChI=1S/C17H26N2O3.ClH/c1-21-15-4-6-16(7-5-15)22-12-2-3-17(20)19-11-9-14-8-10-18-13-14;/h4-7,14,18H,2-3,8-13H2,1H3,(H,19,20);1H. The zero-order valence-corrected chi connectivity index (χ0v) is 14.5. The fourth-order valence-corrected chi connectivity index (χ4v) is 2.56. The number of rotatable bonds is 9. The van der Waals surface area contributed by atoms with E-state index >= 15 is 0 Å². The van der Waals surface area contributed by atoms with Crippen molar-refractivity contribution < 1.29 is 14.3 Å². The molecule has 0 aliphatic carbocycles. The van der Waals surface area contributed by atoms with E-state index in [1.54, 1.807) is 7.11 Å². The van der Waals surface area contributed by atoms with Gasteiger partial charge in [0.15, 0.2) is 0 Å². The maximum atomic E-state index is 11.7. The number of hydrogen-bond acceptors (Lipinski definition) is 4. The maximum Gasteiger partial charge on any atom is 0.220 e. The summed E-state index contributed by atoms with van der Waals surface area (Å²) in [6.07, 6.45) is 3.54. The number of amides is 1. The molecule has 2 rings (SSSR count). The van der Waals surface area contributed by atoms with Crippen molar-refractivity contribution in [3.63, 3.8) is 0 Å². The van der Waals surface area contributed by atoms with Crippen molar-refractivity contribution >= 4 is 18.3 Å². The molecule has 0 spiro atoms. The number of carbonyl (C=O) groups is 1. The van der Waals surface area contributed by atoms with Crippen LogP contribution in [-0.2, 0) is 4.79 Å². The number of halogens is 1. The molecule has 23 heavy (non-hydrogen) atoms. The van der Waals surface area contributed by atoms with Gasteiger partial charge in [0, 0.05) is 13.0 Å². The van der Waals surface area contributed by atoms with E-state index < -0.39 is 0 Å². The Kier molecular flexibility index (Phi) is 9.48. The Morgan fingerprint density at radius 1 is 1.30 bits per heavy atom. The highest BCUT2D eigenvalue weighted by Crippen LogP contribution is 2.17. The van der Waals surface area contributed by atoms with E-state index in [2.05, 4.69) is 10.6 Å². The lowest BCUT2D eigenvalue weighted by molar-refractivity contribution is -0.121. The van der Waals surface area contributed by atoms with Gasteiger partial charge in [0.1, 0.15) is 11.5 Å². The van der Waals surface area contributed by atoms with E-state index in [1.807, 2.05) is 24.3 Å². The lowest BCUT2D eigenvalue weighted by Gasteiger charge is -2.10. The van der Waals surface area contributed by atoms with Crippen molar-refractivity contribution in [1.82, 2.24) is 10.6 Å². The number of hydrogen-bond donors (Lipinski definition) is 2. The zero-order valence-electron chi connectivity index (χ0n) is 13.7. The molecule has 1 aromatic rings. The van der Waals surface area contributed by atoms with Crippen LogP contribution in [0.3, 0.4) is 0 Å². The summed E-state index contributed by atoms with van der Waals surface area (Å²) < 4.78 is 10.7. The number of carbonyl (C=O) groups excluding carboxylic acids is 1. The molecule has 0 radical (unpaired) electrons. The van der Waals surface area contributed by atoms with E-state index in [0.717, 1.165) is 49.9 Å². The molecule has 1 aromatic carbocycles. The molecule has 5 nitrogen and oxygen atoms in total. The van der Waals surface area contributed by atoms with E-state index in [1.165, 1.54) is 6.42 Å². The first kappa shape index (κ1) is 19.6. The highest BCUT2D eigenvalue weighted by molar-refractivity contribution is 5.85. The Hall–Kier alpha value is -1.46. The van der Waals surface area contributed by atoms with Crippen LogP contribution in [0.2, 0.25) is 0 Å². The molecule has 2 N–H and O–H groups in total. The normalized spacial score (nSPS) is 16.5. The molecule has 1 heterocycles. The van der Waals surface area contributed by atoms with Crippen LogP contribution in [0.1, 0.15) is 25.7 Å². The number of ether oxygens (including phenoxy) is 2. The number of methoxy groups -OCH3 is 1. The molecule has 6 heteroatoms. The molecule has 0 saturated carbocycles. The molecule has 0 aromatic heterocycles. The van der Waals surface area contributed by atoms with E-state index in [-0.39, 0.29) is 18.3 Å². The van der Waals surface area contributed by atoms with Gasteiger partial charge in [-0.1, -0.05) is 0 Å². The quantitative estimate of drug-likeness (QED) is 0.676. The van der Waals surface area contributed by atoms with Crippen LogP contribution in [0.4, 0.5) is 0 Å². The molecule has 1 fully saturated rings. The van der Waals surface area contributed by atoms with Crippen molar-refractivity contribution in [3.8, 4) is 11.5 Å². The summed E-state index contributed by atoms with van der Waals surface area (Å²) in [4.78, 5) is 11.7. The molecule has 1 saturated heterocycles. The van der Waals surface area contributed by atoms with Gasteiger partial charge in [0.05, 0.1) is 13.7 Å². The second-order valence-electron chi connectivity index (χ2n) is 5.62. The zero-order chi connectivity index (χ0) is 15.6. The van der Waals surface area contributed by atoms with Gasteiger partial charge in [-0.3, -0.25) is 4.79 Å². The Morgan fingerprint density at radius 3 is 2.70 bits per heavy atom. The van der Waals surface area contributed by atoms with Gasteiger partial charge >= 0.3 is 0 Å². The van der Waals surface area contributed by atoms with Crippen molar-refractivity contribution in [2.24, 2.45) is 5.92 Å². The Morgan fingerprint density at radius 2 is 2.04 bits per heavy atom. The molecule has 130 valence electrons. The first-order chi connectivity index (χ1) is 10.8. The third kappa shape index (κ3) is 7.57. The maximum absolute atomic E-state index is 11.7. The highest BCUT2D eigenvalue weighted by Gasteiger charge is 2.13. The summed E-state index contributed by atoms with van der Waals surface area (Å²) in [5.74, 6) is 2.45. The van der Waals surface area contributed by atoms with Gasteiger partial charge in [0.25, 0.3) is 0 Å². The van der Waals surface area contributed by atoms with Crippen LogP contribution < -0.4 is 20.1 Å². The highest BCUT2D eigenvalue weighted by atomic mass is 35.5. The molecule has 1 amide bonds. The Bertz CT molecular complexity index is 448. The molecule has 1 atom stereocenters. The van der Waals surface area contributed by atoms with Gasteiger partial charge in [-0.05, 0) is 62.5 Å². The van der Waals surface area contributed by atoms with Crippen molar-refractivity contribution in [2.45, 2.75) is 25.7 Å². The summed E-state index contributed by atoms with van der Waals surface area (Å²) in [5, 5.41) is 6.32. The van der Waals surface area contributed by atoms with Crippen LogP contribution >= 0.6 is 12.4 Å². The third-order valence-corrected chi connectivity index (χ3v) is 3.91. The molecule has 1 unspecified atom stereocenters. The molecule has 1 aliphatic rings. The molecular weight excluding hydrogens is 316 g/mol. The molecule has 0 bridgehead atoms. The Labute approximate surface area is 144 Å². The average Bonchev–Trinajstić information content (AvgIpc) is 3.05. The topological polar surface area (TPSA) is 59.6 Å². The van der Waals surface area contributed by atoms with Gasteiger partial charge in [-0.15, -0.1) is 12.4 Å². The second-order valence-corrected chi connectivity index (χ2v) is 5.62. The minimum Gasteiger partial charge on any atom is -0.497 e. The van der Waals surface area contributed by atoms with Crippen LogP contribution in [0.5, 0.6) is 11.5 Å². The SMILES string of the molecule is COc1ccc(OCCCC(=O)NCCC2CCNC2)cc1.Cl. The van der Waals surface area contributed by atoms with Gasteiger partial charge in [-0.25, -0.2) is 0 Å².